The molecule has 6 heteroatoms. The van der Waals surface area contributed by atoms with Crippen molar-refractivity contribution in [1.29, 1.82) is 0 Å². The van der Waals surface area contributed by atoms with Crippen molar-refractivity contribution in [3.05, 3.63) is 82.5 Å². The number of nitrogens with one attached hydrogen (secondary N) is 2. The van der Waals surface area contributed by atoms with Gasteiger partial charge in [0.05, 0.1) is 5.56 Å². The first-order valence-corrected chi connectivity index (χ1v) is 8.30. The Morgan fingerprint density at radius 2 is 1.70 bits per heavy atom. The zero-order chi connectivity index (χ0) is 19.0. The lowest BCUT2D eigenvalue weighted by Gasteiger charge is -2.03. The molecule has 5 nitrogen and oxygen atoms in total. The second-order valence-electron chi connectivity index (χ2n) is 6.04. The Kier molecular flexibility index (Phi) is 4.08. The van der Waals surface area contributed by atoms with Gasteiger partial charge in [0.1, 0.15) is 17.2 Å². The van der Waals surface area contributed by atoms with Crippen LogP contribution in [0.5, 0.6) is 0 Å². The summed E-state index contributed by atoms with van der Waals surface area (Å²) < 4.78 is 19.2. The van der Waals surface area contributed by atoms with Crippen LogP contribution in [0.25, 0.3) is 33.4 Å². The highest BCUT2D eigenvalue weighted by Gasteiger charge is 2.22. The Morgan fingerprint density at radius 1 is 1.00 bits per heavy atom. The third-order valence-electron chi connectivity index (χ3n) is 4.37. The quantitative estimate of drug-likeness (QED) is 0.579. The van der Waals surface area contributed by atoms with E-state index in [0.717, 1.165) is 11.1 Å². The SMILES string of the molecule is CNC(=O)c1c(-c2ccc(F)cc2)oc2ccc(-c3ccc(=O)[nH]c3)cc12. The van der Waals surface area contributed by atoms with Crippen LogP contribution in [0.3, 0.4) is 0 Å². The van der Waals surface area contributed by atoms with Crippen molar-refractivity contribution in [2.45, 2.75) is 0 Å². The van der Waals surface area contributed by atoms with Gasteiger partial charge in [-0.3, -0.25) is 9.59 Å². The van der Waals surface area contributed by atoms with Gasteiger partial charge >= 0.3 is 0 Å². The van der Waals surface area contributed by atoms with Gasteiger partial charge in [0, 0.05) is 30.3 Å². The highest BCUT2D eigenvalue weighted by atomic mass is 19.1. The molecule has 0 aliphatic carbocycles. The number of halogens is 1. The average Bonchev–Trinajstić information content (AvgIpc) is 3.07. The van der Waals surface area contributed by atoms with Crippen LogP contribution in [-0.4, -0.2) is 17.9 Å². The van der Waals surface area contributed by atoms with Gasteiger partial charge in [0.15, 0.2) is 0 Å². The second-order valence-corrected chi connectivity index (χ2v) is 6.04. The first kappa shape index (κ1) is 16.8. The number of H-pyrrole nitrogens is 1. The number of aromatic amines is 1. The molecule has 2 heterocycles. The molecule has 4 rings (SSSR count). The van der Waals surface area contributed by atoms with Crippen molar-refractivity contribution in [2.24, 2.45) is 0 Å². The van der Waals surface area contributed by atoms with Crippen LogP contribution in [0.1, 0.15) is 10.4 Å². The predicted octanol–water partition coefficient (Wildman–Crippen LogP) is 3.95. The summed E-state index contributed by atoms with van der Waals surface area (Å²) in [7, 11) is 1.54. The molecule has 0 radical (unpaired) electrons. The summed E-state index contributed by atoms with van der Waals surface area (Å²) >= 11 is 0. The highest BCUT2D eigenvalue weighted by Crippen LogP contribution is 2.35. The van der Waals surface area contributed by atoms with E-state index in [9.17, 15) is 14.0 Å². The number of furan rings is 1. The Balaban J connectivity index is 1.94. The zero-order valence-electron chi connectivity index (χ0n) is 14.4. The molecule has 2 aromatic heterocycles. The maximum absolute atomic E-state index is 13.3. The fraction of sp³-hybridized carbons (Fsp3) is 0.0476. The lowest BCUT2D eigenvalue weighted by molar-refractivity contribution is 0.0964. The van der Waals surface area contributed by atoms with Crippen LogP contribution < -0.4 is 10.9 Å². The highest BCUT2D eigenvalue weighted by molar-refractivity contribution is 6.11. The molecule has 0 spiro atoms. The lowest BCUT2D eigenvalue weighted by atomic mass is 10.0. The maximum atomic E-state index is 13.3. The molecule has 0 unspecified atom stereocenters. The maximum Gasteiger partial charge on any atom is 0.255 e. The van der Waals surface area contributed by atoms with E-state index in [0.29, 0.717) is 27.9 Å². The first-order chi connectivity index (χ1) is 13.1. The van der Waals surface area contributed by atoms with Crippen LogP contribution in [0.2, 0.25) is 0 Å². The minimum absolute atomic E-state index is 0.187. The number of amides is 1. The summed E-state index contributed by atoms with van der Waals surface area (Å²) in [5.41, 5.74) is 2.98. The topological polar surface area (TPSA) is 75.1 Å². The van der Waals surface area contributed by atoms with Crippen LogP contribution >= 0.6 is 0 Å². The predicted molar refractivity (Wildman–Crippen MR) is 101 cm³/mol. The molecule has 0 saturated carbocycles. The van der Waals surface area contributed by atoms with Gasteiger partial charge in [0.2, 0.25) is 5.56 Å². The van der Waals surface area contributed by atoms with E-state index in [2.05, 4.69) is 10.3 Å². The molecular formula is C21H15FN2O3. The largest absolute Gasteiger partial charge is 0.455 e. The number of carbonyl (C=O) groups is 1. The van der Waals surface area contributed by atoms with Crippen molar-refractivity contribution in [1.82, 2.24) is 10.3 Å². The lowest BCUT2D eigenvalue weighted by Crippen LogP contribution is -2.18. The van der Waals surface area contributed by atoms with E-state index >= 15 is 0 Å². The van der Waals surface area contributed by atoms with Crippen LogP contribution in [0.15, 0.2) is 70.0 Å². The Hall–Kier alpha value is -3.67. The van der Waals surface area contributed by atoms with Gasteiger partial charge in [-0.1, -0.05) is 6.07 Å². The van der Waals surface area contributed by atoms with Gasteiger partial charge in [0.25, 0.3) is 5.91 Å². The standard InChI is InChI=1S/C21H15FN2O3/c1-23-21(26)19-16-10-13(14-5-9-18(25)24-11-14)4-8-17(16)27-20(19)12-2-6-15(22)7-3-12/h2-11H,1H3,(H,23,26)(H,24,25). The van der Waals surface area contributed by atoms with Crippen molar-refractivity contribution < 1.29 is 13.6 Å². The smallest absolute Gasteiger partial charge is 0.255 e. The van der Waals surface area contributed by atoms with Crippen LogP contribution in [0.4, 0.5) is 4.39 Å². The van der Waals surface area contributed by atoms with E-state index < -0.39 is 0 Å². The van der Waals surface area contributed by atoms with Crippen molar-refractivity contribution in [3.63, 3.8) is 0 Å². The van der Waals surface area contributed by atoms with Gasteiger partial charge in [-0.25, -0.2) is 4.39 Å². The molecule has 4 aromatic rings. The molecular weight excluding hydrogens is 347 g/mol. The second kappa shape index (κ2) is 6.57. The molecule has 0 aliphatic rings. The minimum Gasteiger partial charge on any atom is -0.455 e. The molecule has 134 valence electrons. The Labute approximate surface area is 153 Å². The number of pyridine rings is 1. The summed E-state index contributed by atoms with van der Waals surface area (Å²) in [6, 6.07) is 14.4. The third-order valence-corrected chi connectivity index (χ3v) is 4.37. The summed E-state index contributed by atoms with van der Waals surface area (Å²) in [5, 5.41) is 3.26. The number of benzene rings is 2. The van der Waals surface area contributed by atoms with Crippen LogP contribution in [0, 0.1) is 5.82 Å². The first-order valence-electron chi connectivity index (χ1n) is 8.30. The zero-order valence-corrected chi connectivity index (χ0v) is 14.4. The third kappa shape index (κ3) is 3.01. The number of carbonyl (C=O) groups excluding carboxylic acids is 1. The summed E-state index contributed by atoms with van der Waals surface area (Å²) in [6.07, 6.45) is 1.62. The summed E-state index contributed by atoms with van der Waals surface area (Å²) in [6.45, 7) is 0. The molecule has 0 bridgehead atoms. The molecule has 0 fully saturated rings. The molecule has 0 saturated heterocycles. The monoisotopic (exact) mass is 362 g/mol. The molecule has 27 heavy (non-hydrogen) atoms. The molecule has 2 N–H and O–H groups in total. The van der Waals surface area contributed by atoms with Gasteiger partial charge in [-0.05, 0) is 53.6 Å². The fourth-order valence-electron chi connectivity index (χ4n) is 3.02. The average molecular weight is 362 g/mol. The van der Waals surface area contributed by atoms with E-state index in [4.69, 9.17) is 4.42 Å². The van der Waals surface area contributed by atoms with Crippen LogP contribution in [-0.2, 0) is 0 Å². The van der Waals surface area contributed by atoms with E-state index in [1.54, 1.807) is 37.5 Å². The van der Waals surface area contributed by atoms with Crippen molar-refractivity contribution >= 4 is 16.9 Å². The Morgan fingerprint density at radius 3 is 2.37 bits per heavy atom. The van der Waals surface area contributed by atoms with Gasteiger partial charge in [-0.15, -0.1) is 0 Å². The summed E-state index contributed by atoms with van der Waals surface area (Å²) in [4.78, 5) is 26.5. The molecule has 0 atom stereocenters. The van der Waals surface area contributed by atoms with Crippen molar-refractivity contribution in [3.8, 4) is 22.5 Å². The molecule has 0 aliphatic heterocycles. The van der Waals surface area contributed by atoms with Gasteiger partial charge < -0.3 is 14.7 Å². The van der Waals surface area contributed by atoms with E-state index in [-0.39, 0.29) is 17.3 Å². The number of hydrogen-bond donors (Lipinski definition) is 2. The number of rotatable bonds is 3. The van der Waals surface area contributed by atoms with Gasteiger partial charge in [-0.2, -0.15) is 0 Å². The Bertz CT molecular complexity index is 1190. The number of hydrogen-bond acceptors (Lipinski definition) is 3. The fourth-order valence-corrected chi connectivity index (χ4v) is 3.02. The van der Waals surface area contributed by atoms with Crippen molar-refractivity contribution in [2.75, 3.05) is 7.05 Å². The molecule has 1 amide bonds. The number of fused-ring (bicyclic) bond motifs is 1. The molecule has 2 aromatic carbocycles. The van der Waals surface area contributed by atoms with E-state index in [1.165, 1.54) is 18.2 Å². The normalized spacial score (nSPS) is 10.9. The number of aromatic nitrogens is 1. The van der Waals surface area contributed by atoms with E-state index in [1.807, 2.05) is 12.1 Å². The summed E-state index contributed by atoms with van der Waals surface area (Å²) in [5.74, 6) is -0.286. The minimum atomic E-state index is -0.364.